The Morgan fingerprint density at radius 2 is 1.53 bits per heavy atom. The minimum atomic E-state index is 0.810. The smallest absolute Gasteiger partial charge is 0.165 e. The second-order valence-corrected chi connectivity index (χ2v) is 7.63. The maximum absolute atomic E-state index is 5.04. The fraction of sp³-hybridized carbons (Fsp3) is 0.0833. The lowest BCUT2D eigenvalue weighted by atomic mass is 10.0. The van der Waals surface area contributed by atoms with E-state index in [1.54, 1.807) is 0 Å². The topological polar surface area (TPSA) is 60.4 Å². The van der Waals surface area contributed by atoms with Crippen LogP contribution in [0.15, 0.2) is 67.3 Å². The minimum Gasteiger partial charge on any atom is -0.296 e. The van der Waals surface area contributed by atoms with Crippen LogP contribution in [0.25, 0.3) is 50.3 Å². The van der Waals surface area contributed by atoms with Crippen LogP contribution in [-0.2, 0) is 6.42 Å². The van der Waals surface area contributed by atoms with Crippen LogP contribution in [0.1, 0.15) is 17.7 Å². The number of pyridine rings is 2. The van der Waals surface area contributed by atoms with Gasteiger partial charge in [-0.1, -0.05) is 24.3 Å². The zero-order valence-corrected chi connectivity index (χ0v) is 16.0. The normalized spacial score (nSPS) is 13.6. The Labute approximate surface area is 170 Å². The number of imidazole rings is 2. The molecule has 142 valence electrons. The highest BCUT2D eigenvalue weighted by atomic mass is 15.1. The number of fused-ring (bicyclic) bond motifs is 10. The second kappa shape index (κ2) is 5.73. The van der Waals surface area contributed by atoms with Crippen LogP contribution in [0, 0.1) is 0 Å². The number of nitrogens with zero attached hydrogens (tertiary/aromatic N) is 6. The Morgan fingerprint density at radius 1 is 0.800 bits per heavy atom. The molecule has 0 N–H and O–H groups in total. The van der Waals surface area contributed by atoms with Crippen molar-refractivity contribution in [1.82, 2.24) is 28.7 Å². The molecular weight excluding hydrogens is 372 g/mol. The molecule has 30 heavy (non-hydrogen) atoms. The van der Waals surface area contributed by atoms with E-state index in [1.165, 1.54) is 5.56 Å². The number of rotatable bonds is 0. The van der Waals surface area contributed by atoms with Crippen molar-refractivity contribution in [1.29, 1.82) is 0 Å². The molecule has 0 unspecified atom stereocenters. The van der Waals surface area contributed by atoms with Crippen LogP contribution in [0.5, 0.6) is 0 Å². The van der Waals surface area contributed by atoms with Gasteiger partial charge in [0.05, 0.1) is 22.2 Å². The van der Waals surface area contributed by atoms with Gasteiger partial charge in [-0.05, 0) is 42.7 Å². The molecule has 0 aliphatic heterocycles. The van der Waals surface area contributed by atoms with Crippen LogP contribution >= 0.6 is 0 Å². The number of allylic oxidation sites excluding steroid dienone is 1. The molecule has 0 saturated carbocycles. The summed E-state index contributed by atoms with van der Waals surface area (Å²) < 4.78 is 4.18. The minimum absolute atomic E-state index is 0.810. The van der Waals surface area contributed by atoms with Gasteiger partial charge in [-0.25, -0.2) is 19.9 Å². The van der Waals surface area contributed by atoms with Gasteiger partial charge in [0, 0.05) is 30.2 Å². The third-order valence-corrected chi connectivity index (χ3v) is 5.90. The summed E-state index contributed by atoms with van der Waals surface area (Å²) in [4.78, 5) is 19.4. The zero-order valence-electron chi connectivity index (χ0n) is 16.0. The van der Waals surface area contributed by atoms with E-state index in [4.69, 9.17) is 19.9 Å². The second-order valence-electron chi connectivity index (χ2n) is 7.63. The molecule has 6 aromatic rings. The molecule has 7 rings (SSSR count). The third-order valence-electron chi connectivity index (χ3n) is 5.90. The molecule has 5 heterocycles. The molecule has 0 spiro atoms. The molecule has 1 aliphatic carbocycles. The highest BCUT2D eigenvalue weighted by molar-refractivity contribution is 6.00. The highest BCUT2D eigenvalue weighted by Crippen LogP contribution is 2.28. The molecule has 0 saturated heterocycles. The first-order valence-electron chi connectivity index (χ1n) is 10.1. The van der Waals surface area contributed by atoms with Crippen molar-refractivity contribution in [3.8, 4) is 0 Å². The molecule has 0 bridgehead atoms. The summed E-state index contributed by atoms with van der Waals surface area (Å²) in [5, 5.41) is 1.08. The van der Waals surface area contributed by atoms with Gasteiger partial charge < -0.3 is 0 Å². The van der Waals surface area contributed by atoms with Gasteiger partial charge in [-0.15, -0.1) is 0 Å². The summed E-state index contributed by atoms with van der Waals surface area (Å²) >= 11 is 0. The van der Waals surface area contributed by atoms with Gasteiger partial charge in [0.2, 0.25) is 0 Å². The van der Waals surface area contributed by atoms with Crippen LogP contribution in [0.4, 0.5) is 0 Å². The van der Waals surface area contributed by atoms with Gasteiger partial charge in [-0.2, -0.15) is 0 Å². The maximum Gasteiger partial charge on any atom is 0.165 e. The van der Waals surface area contributed by atoms with Gasteiger partial charge in [0.25, 0.3) is 0 Å². The number of aryl methyl sites for hydroxylation is 1. The Balaban J connectivity index is 1.83. The number of hydrogen-bond donors (Lipinski definition) is 0. The largest absolute Gasteiger partial charge is 0.296 e. The van der Waals surface area contributed by atoms with Crippen molar-refractivity contribution in [2.75, 3.05) is 0 Å². The Kier molecular flexibility index (Phi) is 3.02. The van der Waals surface area contributed by atoms with Gasteiger partial charge >= 0.3 is 0 Å². The number of aromatic nitrogens is 6. The monoisotopic (exact) mass is 388 g/mol. The van der Waals surface area contributed by atoms with Crippen molar-refractivity contribution in [3.05, 3.63) is 78.5 Å². The highest BCUT2D eigenvalue weighted by Gasteiger charge is 2.15. The summed E-state index contributed by atoms with van der Waals surface area (Å²) in [7, 11) is 0. The molecule has 0 fully saturated rings. The number of hydrogen-bond acceptors (Lipinski definition) is 4. The fourth-order valence-electron chi connectivity index (χ4n) is 4.48. The van der Waals surface area contributed by atoms with Crippen molar-refractivity contribution in [2.45, 2.75) is 12.8 Å². The summed E-state index contributed by atoms with van der Waals surface area (Å²) in [6.07, 6.45) is 13.9. The first kappa shape index (κ1) is 15.8. The van der Waals surface area contributed by atoms with Crippen molar-refractivity contribution < 1.29 is 0 Å². The van der Waals surface area contributed by atoms with Crippen LogP contribution in [0.3, 0.4) is 0 Å². The average Bonchev–Trinajstić information content (AvgIpc) is 3.46. The first-order chi connectivity index (χ1) is 14.9. The summed E-state index contributed by atoms with van der Waals surface area (Å²) in [6, 6.07) is 12.6. The van der Waals surface area contributed by atoms with E-state index < -0.39 is 0 Å². The standard InChI is InChI=1S/C24H16N6/c1-3-7-17-15(5-1)13-19-21(27-17)23-25-10-12-30(23)20-14-16-6-2-4-8-18(16)28-22(20)24-26-9-11-29(19)24/h1,3-5,7-14H,2,6H2. The van der Waals surface area contributed by atoms with Crippen LogP contribution < -0.4 is 0 Å². The molecule has 5 aromatic heterocycles. The summed E-state index contributed by atoms with van der Waals surface area (Å²) in [5.74, 6) is 0. The fourth-order valence-corrected chi connectivity index (χ4v) is 4.48. The Hall–Kier alpha value is -4.06. The lowest BCUT2D eigenvalue weighted by Crippen LogP contribution is -2.02. The predicted molar refractivity (Wildman–Crippen MR) is 118 cm³/mol. The average molecular weight is 388 g/mol. The van der Waals surface area contributed by atoms with Crippen molar-refractivity contribution in [2.24, 2.45) is 0 Å². The van der Waals surface area contributed by atoms with Gasteiger partial charge in [-0.3, -0.25) is 8.80 Å². The molecule has 0 radical (unpaired) electrons. The first-order valence-corrected chi connectivity index (χ1v) is 10.1. The van der Waals surface area contributed by atoms with E-state index in [1.807, 2.05) is 43.0 Å². The molecular formula is C24H16N6. The maximum atomic E-state index is 5.04. The molecule has 0 atom stereocenters. The molecule has 1 aromatic carbocycles. The molecule has 6 heteroatoms. The molecule has 6 nitrogen and oxygen atoms in total. The van der Waals surface area contributed by atoms with E-state index in [9.17, 15) is 0 Å². The predicted octanol–water partition coefficient (Wildman–Crippen LogP) is 4.75. The summed E-state index contributed by atoms with van der Waals surface area (Å²) in [5.41, 5.74) is 8.47. The van der Waals surface area contributed by atoms with Crippen LogP contribution in [-0.4, -0.2) is 28.7 Å². The molecule has 0 amide bonds. The number of benzene rings is 1. The Bertz CT molecular complexity index is 1700. The van der Waals surface area contributed by atoms with E-state index in [2.05, 4.69) is 39.2 Å². The Morgan fingerprint density at radius 3 is 2.37 bits per heavy atom. The lowest BCUT2D eigenvalue weighted by Gasteiger charge is -2.12. The van der Waals surface area contributed by atoms with Crippen molar-refractivity contribution in [3.63, 3.8) is 0 Å². The molecule has 1 aliphatic rings. The van der Waals surface area contributed by atoms with E-state index >= 15 is 0 Å². The summed E-state index contributed by atoms with van der Waals surface area (Å²) in [6.45, 7) is 0. The zero-order chi connectivity index (χ0) is 19.7. The SMILES string of the molecule is C1=Cc2nc3c(cc2CC1)n1ccnc1c1nc2ccccc2cc1n1ccnc31. The van der Waals surface area contributed by atoms with Gasteiger partial charge in [0.1, 0.15) is 11.0 Å². The quantitative estimate of drug-likeness (QED) is 0.377. The van der Waals surface area contributed by atoms with Crippen molar-refractivity contribution >= 4 is 50.3 Å². The lowest BCUT2D eigenvalue weighted by molar-refractivity contribution is 0.969. The van der Waals surface area contributed by atoms with E-state index in [0.29, 0.717) is 0 Å². The van der Waals surface area contributed by atoms with Crippen LogP contribution in [0.2, 0.25) is 0 Å². The third kappa shape index (κ3) is 2.07. The van der Waals surface area contributed by atoms with E-state index in [-0.39, 0.29) is 0 Å². The number of para-hydroxylation sites is 1. The van der Waals surface area contributed by atoms with Gasteiger partial charge in [0.15, 0.2) is 11.3 Å². The van der Waals surface area contributed by atoms with E-state index in [0.717, 1.165) is 62.8 Å².